The maximum atomic E-state index is 12.1. The van der Waals surface area contributed by atoms with Crippen molar-refractivity contribution in [2.75, 3.05) is 27.6 Å². The van der Waals surface area contributed by atoms with Crippen LogP contribution in [0.15, 0.2) is 42.5 Å². The molecule has 1 heterocycles. The van der Waals surface area contributed by atoms with E-state index in [1.54, 1.807) is 31.4 Å². The molecule has 0 saturated carbocycles. The van der Waals surface area contributed by atoms with Gasteiger partial charge < -0.3 is 29.6 Å². The molecule has 0 spiro atoms. The van der Waals surface area contributed by atoms with Gasteiger partial charge in [-0.3, -0.25) is 9.59 Å². The zero-order valence-electron chi connectivity index (χ0n) is 15.7. The molecule has 0 fully saturated rings. The number of hydrogen-bond acceptors (Lipinski definition) is 6. The first-order valence-electron chi connectivity index (χ1n) is 8.72. The highest BCUT2D eigenvalue weighted by Gasteiger charge is 2.19. The van der Waals surface area contributed by atoms with Crippen molar-refractivity contribution in [1.29, 1.82) is 0 Å². The Labute approximate surface area is 162 Å². The van der Waals surface area contributed by atoms with Crippen molar-refractivity contribution in [2.45, 2.75) is 12.6 Å². The fraction of sp³-hybridized carbons (Fsp3) is 0.300. The fourth-order valence-corrected chi connectivity index (χ4v) is 2.83. The molecule has 2 aromatic carbocycles. The summed E-state index contributed by atoms with van der Waals surface area (Å²) in [7, 11) is 3.09. The topological polar surface area (TPSA) is 95.1 Å². The molecule has 3 rings (SSSR count). The van der Waals surface area contributed by atoms with Crippen LogP contribution in [-0.2, 0) is 20.9 Å². The molecular formula is C20H22N2O6. The molecule has 8 nitrogen and oxygen atoms in total. The highest BCUT2D eigenvalue weighted by molar-refractivity contribution is 6.35. The molecule has 2 aromatic rings. The molecule has 0 aliphatic carbocycles. The molecule has 1 aliphatic heterocycles. The van der Waals surface area contributed by atoms with Crippen molar-refractivity contribution < 1.29 is 28.5 Å². The van der Waals surface area contributed by atoms with E-state index in [9.17, 15) is 9.59 Å². The van der Waals surface area contributed by atoms with E-state index in [0.29, 0.717) is 17.2 Å². The van der Waals surface area contributed by atoms with Gasteiger partial charge in [0.2, 0.25) is 6.79 Å². The number of carbonyl (C=O) groups excluding carboxylic acids is 2. The minimum Gasteiger partial charge on any atom is -0.496 e. The summed E-state index contributed by atoms with van der Waals surface area (Å²) >= 11 is 0. The lowest BCUT2D eigenvalue weighted by atomic mass is 10.1. The van der Waals surface area contributed by atoms with E-state index in [2.05, 4.69) is 10.6 Å². The minimum absolute atomic E-state index is 0.132. The van der Waals surface area contributed by atoms with E-state index < -0.39 is 17.9 Å². The zero-order chi connectivity index (χ0) is 19.9. The van der Waals surface area contributed by atoms with Crippen LogP contribution in [0.1, 0.15) is 17.2 Å². The molecule has 1 aliphatic rings. The third-order valence-corrected chi connectivity index (χ3v) is 4.31. The Balaban J connectivity index is 1.51. The number of carbonyl (C=O) groups is 2. The van der Waals surface area contributed by atoms with E-state index in [-0.39, 0.29) is 19.9 Å². The monoisotopic (exact) mass is 386 g/mol. The van der Waals surface area contributed by atoms with Crippen molar-refractivity contribution >= 4 is 11.8 Å². The Morgan fingerprint density at radius 2 is 1.79 bits per heavy atom. The number of methoxy groups -OCH3 is 2. The number of amides is 2. The number of fused-ring (bicyclic) bond motifs is 1. The van der Waals surface area contributed by atoms with Crippen LogP contribution in [0.25, 0.3) is 0 Å². The second kappa shape index (κ2) is 9.09. The van der Waals surface area contributed by atoms with E-state index in [4.69, 9.17) is 18.9 Å². The van der Waals surface area contributed by atoms with Gasteiger partial charge in [0.1, 0.15) is 11.9 Å². The normalized spacial score (nSPS) is 12.9. The van der Waals surface area contributed by atoms with Gasteiger partial charge in [-0.05, 0) is 23.8 Å². The first-order chi connectivity index (χ1) is 13.6. The lowest BCUT2D eigenvalue weighted by molar-refractivity contribution is -0.139. The van der Waals surface area contributed by atoms with Gasteiger partial charge in [0, 0.05) is 25.8 Å². The summed E-state index contributed by atoms with van der Waals surface area (Å²) in [5, 5.41) is 5.17. The largest absolute Gasteiger partial charge is 0.496 e. The molecule has 0 radical (unpaired) electrons. The molecule has 148 valence electrons. The highest BCUT2D eigenvalue weighted by atomic mass is 16.7. The van der Waals surface area contributed by atoms with Crippen LogP contribution in [0.4, 0.5) is 0 Å². The van der Waals surface area contributed by atoms with E-state index in [1.165, 1.54) is 7.11 Å². The van der Waals surface area contributed by atoms with Crippen molar-refractivity contribution in [3.63, 3.8) is 0 Å². The maximum absolute atomic E-state index is 12.1. The molecule has 0 saturated heterocycles. The van der Waals surface area contributed by atoms with Crippen molar-refractivity contribution in [1.82, 2.24) is 10.6 Å². The molecule has 0 aromatic heterocycles. The number of benzene rings is 2. The number of nitrogens with one attached hydrogen (secondary N) is 2. The molecule has 1 atom stereocenters. The Kier molecular flexibility index (Phi) is 6.33. The van der Waals surface area contributed by atoms with E-state index in [0.717, 1.165) is 11.1 Å². The van der Waals surface area contributed by atoms with Crippen LogP contribution in [0, 0.1) is 0 Å². The van der Waals surface area contributed by atoms with Crippen molar-refractivity contribution in [3.8, 4) is 17.2 Å². The number of rotatable bonds is 7. The molecule has 0 bridgehead atoms. The third kappa shape index (κ3) is 4.52. The molecular weight excluding hydrogens is 364 g/mol. The maximum Gasteiger partial charge on any atom is 0.309 e. The lowest BCUT2D eigenvalue weighted by Crippen LogP contribution is -2.41. The van der Waals surface area contributed by atoms with E-state index >= 15 is 0 Å². The Morgan fingerprint density at radius 1 is 1.04 bits per heavy atom. The summed E-state index contributed by atoms with van der Waals surface area (Å²) in [4.78, 5) is 24.2. The minimum atomic E-state index is -0.738. The first kappa shape index (κ1) is 19.5. The summed E-state index contributed by atoms with van der Waals surface area (Å²) in [5.74, 6) is 0.465. The zero-order valence-corrected chi connectivity index (χ0v) is 15.7. The molecule has 2 N–H and O–H groups in total. The lowest BCUT2D eigenvalue weighted by Gasteiger charge is -2.18. The van der Waals surface area contributed by atoms with Gasteiger partial charge in [-0.2, -0.15) is 0 Å². The van der Waals surface area contributed by atoms with Crippen LogP contribution in [0.2, 0.25) is 0 Å². The van der Waals surface area contributed by atoms with Gasteiger partial charge in [-0.15, -0.1) is 0 Å². The molecule has 1 unspecified atom stereocenters. The Bertz CT molecular complexity index is 854. The number of ether oxygens (including phenoxy) is 4. The van der Waals surface area contributed by atoms with E-state index in [1.807, 2.05) is 18.2 Å². The fourth-order valence-electron chi connectivity index (χ4n) is 2.83. The predicted molar refractivity (Wildman–Crippen MR) is 100 cm³/mol. The summed E-state index contributed by atoms with van der Waals surface area (Å²) in [5.41, 5.74) is 1.59. The second-order valence-electron chi connectivity index (χ2n) is 6.05. The van der Waals surface area contributed by atoms with Gasteiger partial charge in [0.25, 0.3) is 0 Å². The summed E-state index contributed by atoms with van der Waals surface area (Å²) in [6.45, 7) is 0.511. The standard InChI is InChI=1S/C20H22N2O6/c1-25-15-6-4-3-5-14(15)18(26-2)11-22-20(24)19(23)21-10-13-7-8-16-17(9-13)28-12-27-16/h3-9,18H,10-12H2,1-2H3,(H,21,23)(H,22,24). The van der Waals surface area contributed by atoms with Gasteiger partial charge in [-0.1, -0.05) is 24.3 Å². The van der Waals surface area contributed by atoms with Gasteiger partial charge in [0.15, 0.2) is 11.5 Å². The van der Waals surface area contributed by atoms with Crippen LogP contribution in [0.3, 0.4) is 0 Å². The van der Waals surface area contributed by atoms with Crippen LogP contribution < -0.4 is 24.8 Å². The number of para-hydroxylation sites is 1. The predicted octanol–water partition coefficient (Wildman–Crippen LogP) is 1.54. The third-order valence-electron chi connectivity index (χ3n) is 4.31. The molecule has 2 amide bonds. The van der Waals surface area contributed by atoms with Crippen molar-refractivity contribution in [2.24, 2.45) is 0 Å². The van der Waals surface area contributed by atoms with Crippen LogP contribution in [0.5, 0.6) is 17.2 Å². The average molecular weight is 386 g/mol. The Hall–Kier alpha value is -3.26. The summed E-state index contributed by atoms with van der Waals surface area (Å²) < 4.78 is 21.3. The number of hydrogen-bond donors (Lipinski definition) is 2. The van der Waals surface area contributed by atoms with Gasteiger partial charge >= 0.3 is 11.8 Å². The smallest absolute Gasteiger partial charge is 0.309 e. The second-order valence-corrected chi connectivity index (χ2v) is 6.05. The summed E-state index contributed by atoms with van der Waals surface area (Å²) in [6, 6.07) is 12.7. The van der Waals surface area contributed by atoms with Crippen LogP contribution in [-0.4, -0.2) is 39.4 Å². The summed E-state index contributed by atoms with van der Waals surface area (Å²) in [6.07, 6.45) is -0.443. The van der Waals surface area contributed by atoms with Gasteiger partial charge in [-0.25, -0.2) is 0 Å². The SMILES string of the molecule is COc1ccccc1C(CNC(=O)C(=O)NCc1ccc2c(c1)OCO2)OC. The highest BCUT2D eigenvalue weighted by Crippen LogP contribution is 2.32. The quantitative estimate of drug-likeness (QED) is 0.701. The first-order valence-corrected chi connectivity index (χ1v) is 8.72. The average Bonchev–Trinajstić information content (AvgIpc) is 3.20. The van der Waals surface area contributed by atoms with Crippen molar-refractivity contribution in [3.05, 3.63) is 53.6 Å². The van der Waals surface area contributed by atoms with Crippen LogP contribution >= 0.6 is 0 Å². The van der Waals surface area contributed by atoms with Gasteiger partial charge in [0.05, 0.1) is 7.11 Å². The Morgan fingerprint density at radius 3 is 2.57 bits per heavy atom. The molecule has 8 heteroatoms. The molecule has 28 heavy (non-hydrogen) atoms.